The number of aromatic nitrogens is 7. The number of pyridine rings is 1. The second-order valence-corrected chi connectivity index (χ2v) is 6.74. The molecule has 1 aromatic carbocycles. The zero-order valence-corrected chi connectivity index (χ0v) is 16.2. The molecule has 0 fully saturated rings. The lowest BCUT2D eigenvalue weighted by Crippen LogP contribution is -2.15. The summed E-state index contributed by atoms with van der Waals surface area (Å²) in [5.74, 6) is -0.761. The van der Waals surface area contributed by atoms with E-state index in [0.717, 1.165) is 5.56 Å². The van der Waals surface area contributed by atoms with Gasteiger partial charge in [-0.15, -0.1) is 5.10 Å². The molecule has 0 radical (unpaired) electrons. The molecule has 10 heteroatoms. The predicted octanol–water partition coefficient (Wildman–Crippen LogP) is 3.28. The van der Waals surface area contributed by atoms with Crippen LogP contribution in [0.25, 0.3) is 28.3 Å². The van der Waals surface area contributed by atoms with Crippen molar-refractivity contribution in [2.45, 2.75) is 6.92 Å². The van der Waals surface area contributed by atoms with E-state index in [9.17, 15) is 9.18 Å². The molecule has 5 aromatic rings. The van der Waals surface area contributed by atoms with Crippen molar-refractivity contribution in [2.24, 2.45) is 0 Å². The van der Waals surface area contributed by atoms with Crippen molar-refractivity contribution in [1.29, 1.82) is 0 Å². The van der Waals surface area contributed by atoms with Gasteiger partial charge in [0.25, 0.3) is 5.91 Å². The minimum Gasteiger partial charge on any atom is -0.318 e. The second-order valence-electron chi connectivity index (χ2n) is 6.74. The van der Waals surface area contributed by atoms with Gasteiger partial charge in [0.1, 0.15) is 5.69 Å². The third-order valence-corrected chi connectivity index (χ3v) is 4.71. The zero-order chi connectivity index (χ0) is 21.4. The normalized spacial score (nSPS) is 11.0. The van der Waals surface area contributed by atoms with Crippen molar-refractivity contribution >= 4 is 17.2 Å². The van der Waals surface area contributed by atoms with Crippen molar-refractivity contribution < 1.29 is 9.18 Å². The van der Waals surface area contributed by atoms with E-state index in [0.29, 0.717) is 28.4 Å². The molecule has 2 N–H and O–H groups in total. The van der Waals surface area contributed by atoms with Gasteiger partial charge in [-0.05, 0) is 6.92 Å². The van der Waals surface area contributed by atoms with Crippen molar-refractivity contribution in [3.8, 4) is 22.6 Å². The third kappa shape index (κ3) is 3.39. The van der Waals surface area contributed by atoms with E-state index in [-0.39, 0.29) is 11.4 Å². The number of hydrogen-bond acceptors (Lipinski definition) is 6. The molecule has 0 atom stereocenters. The monoisotopic (exact) mass is 414 g/mol. The Kier molecular flexibility index (Phi) is 4.43. The quantitative estimate of drug-likeness (QED) is 0.467. The molecule has 1 amide bonds. The number of aromatic amines is 1. The van der Waals surface area contributed by atoms with E-state index in [1.165, 1.54) is 29.2 Å². The van der Waals surface area contributed by atoms with Crippen molar-refractivity contribution in [3.05, 3.63) is 78.4 Å². The highest BCUT2D eigenvalue weighted by Gasteiger charge is 2.20. The number of nitrogens with one attached hydrogen (secondary N) is 2. The van der Waals surface area contributed by atoms with Crippen LogP contribution < -0.4 is 5.32 Å². The minimum absolute atomic E-state index is 0.0269. The maximum absolute atomic E-state index is 14.7. The third-order valence-electron chi connectivity index (χ3n) is 4.71. The first-order valence-corrected chi connectivity index (χ1v) is 9.34. The molecule has 0 saturated heterocycles. The zero-order valence-electron chi connectivity index (χ0n) is 16.2. The summed E-state index contributed by atoms with van der Waals surface area (Å²) in [6, 6.07) is 10.8. The number of carbonyl (C=O) groups is 1. The van der Waals surface area contributed by atoms with Crippen LogP contribution in [0.5, 0.6) is 0 Å². The van der Waals surface area contributed by atoms with Gasteiger partial charge >= 0.3 is 0 Å². The number of rotatable bonds is 4. The molecule has 0 aliphatic rings. The number of carbonyl (C=O) groups excluding carboxylic acids is 1. The van der Waals surface area contributed by atoms with Crippen LogP contribution in [-0.2, 0) is 0 Å². The molecule has 152 valence electrons. The van der Waals surface area contributed by atoms with E-state index >= 15 is 0 Å². The first-order valence-electron chi connectivity index (χ1n) is 9.34. The number of nitrogens with zero attached hydrogens (tertiary/aromatic N) is 6. The van der Waals surface area contributed by atoms with Crippen LogP contribution in [0.4, 0.5) is 10.1 Å². The summed E-state index contributed by atoms with van der Waals surface area (Å²) < 4.78 is 16.0. The van der Waals surface area contributed by atoms with Crippen LogP contribution >= 0.6 is 0 Å². The fourth-order valence-corrected chi connectivity index (χ4v) is 3.20. The summed E-state index contributed by atoms with van der Waals surface area (Å²) in [6.45, 7) is 1.78. The SMILES string of the molecule is Cc1nccnc1-c1cn[nH]c1C(=O)Nc1cc2nc(-c3ccccc3)nn2cc1F. The molecule has 4 heterocycles. The van der Waals surface area contributed by atoms with Gasteiger partial charge in [-0.3, -0.25) is 19.9 Å². The number of benzene rings is 1. The molecule has 0 unspecified atom stereocenters. The van der Waals surface area contributed by atoms with Crippen molar-refractivity contribution in [1.82, 2.24) is 34.8 Å². The van der Waals surface area contributed by atoms with Crippen LogP contribution in [0.1, 0.15) is 16.2 Å². The summed E-state index contributed by atoms with van der Waals surface area (Å²) in [4.78, 5) is 25.7. The number of aryl methyl sites for hydroxylation is 1. The molecule has 0 aliphatic carbocycles. The van der Waals surface area contributed by atoms with Gasteiger partial charge in [0.15, 0.2) is 17.3 Å². The summed E-state index contributed by atoms with van der Waals surface area (Å²) in [6.07, 6.45) is 5.74. The molecule has 31 heavy (non-hydrogen) atoms. The molecule has 0 saturated carbocycles. The highest BCUT2D eigenvalue weighted by atomic mass is 19.1. The number of hydrogen-bond donors (Lipinski definition) is 2. The number of amides is 1. The lowest BCUT2D eigenvalue weighted by Gasteiger charge is -2.07. The highest BCUT2D eigenvalue weighted by Crippen LogP contribution is 2.24. The van der Waals surface area contributed by atoms with E-state index in [4.69, 9.17) is 0 Å². The maximum atomic E-state index is 14.7. The first-order chi connectivity index (χ1) is 15.1. The standard InChI is InChI=1S/C21H15FN8O/c1-12-18(24-8-7-23-12)14-10-25-28-19(14)21(31)26-16-9-17-27-20(13-5-3-2-4-6-13)29-30(17)11-15(16)22/h2-11H,1H3,(H,25,28)(H,26,31). The number of halogens is 1. The van der Waals surface area contributed by atoms with Crippen LogP contribution in [-0.4, -0.2) is 40.7 Å². The Balaban J connectivity index is 1.47. The highest BCUT2D eigenvalue weighted by molar-refractivity contribution is 6.07. The second kappa shape index (κ2) is 7.41. The van der Waals surface area contributed by atoms with Gasteiger partial charge in [-0.1, -0.05) is 30.3 Å². The summed E-state index contributed by atoms with van der Waals surface area (Å²) in [7, 11) is 0. The van der Waals surface area contributed by atoms with Gasteiger partial charge in [-0.25, -0.2) is 13.9 Å². The van der Waals surface area contributed by atoms with E-state index in [1.807, 2.05) is 30.3 Å². The predicted molar refractivity (Wildman–Crippen MR) is 111 cm³/mol. The lowest BCUT2D eigenvalue weighted by molar-refractivity contribution is 0.102. The molecule has 0 spiro atoms. The average molecular weight is 414 g/mol. The fraction of sp³-hybridized carbons (Fsp3) is 0.0476. The molecule has 9 nitrogen and oxygen atoms in total. The largest absolute Gasteiger partial charge is 0.318 e. The van der Waals surface area contributed by atoms with Crippen molar-refractivity contribution in [2.75, 3.05) is 5.32 Å². The Morgan fingerprint density at radius 1 is 1.16 bits per heavy atom. The van der Waals surface area contributed by atoms with Crippen molar-refractivity contribution in [3.63, 3.8) is 0 Å². The minimum atomic E-state index is -0.651. The average Bonchev–Trinajstić information content (AvgIpc) is 3.42. The van der Waals surface area contributed by atoms with Gasteiger partial charge in [0.2, 0.25) is 0 Å². The smallest absolute Gasteiger partial charge is 0.274 e. The Morgan fingerprint density at radius 2 is 1.97 bits per heavy atom. The van der Waals surface area contributed by atoms with E-state index in [2.05, 4.69) is 35.6 Å². The molecule has 0 bridgehead atoms. The van der Waals surface area contributed by atoms with Crippen LogP contribution in [0, 0.1) is 12.7 Å². The van der Waals surface area contributed by atoms with Crippen LogP contribution in [0.2, 0.25) is 0 Å². The Labute approximate surface area is 175 Å². The molecular formula is C21H15FN8O. The molecule has 4 aromatic heterocycles. The van der Waals surface area contributed by atoms with Gasteiger partial charge in [-0.2, -0.15) is 5.10 Å². The molecule has 5 rings (SSSR count). The Morgan fingerprint density at radius 3 is 2.77 bits per heavy atom. The first kappa shape index (κ1) is 18.6. The molecule has 0 aliphatic heterocycles. The number of H-pyrrole nitrogens is 1. The fourth-order valence-electron chi connectivity index (χ4n) is 3.20. The van der Waals surface area contributed by atoms with Crippen LogP contribution in [0.15, 0.2) is 61.2 Å². The Hall–Kier alpha value is -4.47. The maximum Gasteiger partial charge on any atom is 0.274 e. The van der Waals surface area contributed by atoms with Crippen LogP contribution in [0.3, 0.4) is 0 Å². The van der Waals surface area contributed by atoms with E-state index in [1.54, 1.807) is 13.1 Å². The summed E-state index contributed by atoms with van der Waals surface area (Å²) >= 11 is 0. The topological polar surface area (TPSA) is 114 Å². The summed E-state index contributed by atoms with van der Waals surface area (Å²) in [5.41, 5.74) is 2.95. The van der Waals surface area contributed by atoms with Gasteiger partial charge < -0.3 is 5.32 Å². The molecular weight excluding hydrogens is 399 g/mol. The van der Waals surface area contributed by atoms with Gasteiger partial charge in [0.05, 0.1) is 35.0 Å². The number of anilines is 1. The lowest BCUT2D eigenvalue weighted by atomic mass is 10.1. The summed E-state index contributed by atoms with van der Waals surface area (Å²) in [5, 5.41) is 13.5. The van der Waals surface area contributed by atoms with Gasteiger partial charge in [0, 0.05) is 24.0 Å². The van der Waals surface area contributed by atoms with E-state index < -0.39 is 11.7 Å². The number of fused-ring (bicyclic) bond motifs is 1. The Bertz CT molecular complexity index is 1410.